The molecular weight excluding hydrogens is 391 g/mol. The lowest BCUT2D eigenvalue weighted by Crippen LogP contribution is -2.45. The number of hydrogen-bond acceptors (Lipinski definition) is 4. The van der Waals surface area contributed by atoms with Gasteiger partial charge in [0.15, 0.2) is 0 Å². The number of likely N-dealkylation sites (tertiary alicyclic amines) is 1. The predicted octanol–water partition coefficient (Wildman–Crippen LogP) is 4.08. The molecule has 5 nitrogen and oxygen atoms in total. The van der Waals surface area contributed by atoms with Crippen molar-refractivity contribution in [2.75, 3.05) is 25.0 Å². The molecule has 1 aromatic carbocycles. The smallest absolute Gasteiger partial charge is 0.251 e. The van der Waals surface area contributed by atoms with Gasteiger partial charge in [-0.15, -0.1) is 0 Å². The van der Waals surface area contributed by atoms with Crippen LogP contribution in [0.4, 0.5) is 10.1 Å². The molecule has 31 heavy (non-hydrogen) atoms. The lowest BCUT2D eigenvalue weighted by molar-refractivity contribution is -0.116. The standard InChI is InChI=1S/C25H29FN4O/c1-16-10-23(25(31)29-21-6-8-30(9-7-21)15-17-2-3-17)22-12-18(4-5-24(22)28-16)19-11-20(26)14-27-13-19/h4-5,10-14,16-17,21,28H,2-3,6-9,15H2,1H3,(H,29,31). The summed E-state index contributed by atoms with van der Waals surface area (Å²) in [6, 6.07) is 7.60. The number of hydrogen-bond donors (Lipinski definition) is 2. The lowest BCUT2D eigenvalue weighted by atomic mass is 9.92. The number of nitrogens with zero attached hydrogens (tertiary/aromatic N) is 2. The van der Waals surface area contributed by atoms with E-state index in [0.717, 1.165) is 48.7 Å². The second-order valence-electron chi connectivity index (χ2n) is 9.16. The fourth-order valence-corrected chi connectivity index (χ4v) is 4.66. The van der Waals surface area contributed by atoms with E-state index in [1.54, 1.807) is 6.20 Å². The third kappa shape index (κ3) is 4.64. The Morgan fingerprint density at radius 1 is 1.16 bits per heavy atom. The van der Waals surface area contributed by atoms with Crippen LogP contribution < -0.4 is 10.6 Å². The van der Waals surface area contributed by atoms with Crippen molar-refractivity contribution in [3.05, 3.63) is 54.1 Å². The number of nitrogens with one attached hydrogen (secondary N) is 2. The molecule has 3 heterocycles. The first-order chi connectivity index (χ1) is 15.0. The monoisotopic (exact) mass is 420 g/mol. The molecular formula is C25H29FN4O. The number of pyridine rings is 1. The minimum atomic E-state index is -0.372. The van der Waals surface area contributed by atoms with Crippen LogP contribution in [0.5, 0.6) is 0 Å². The van der Waals surface area contributed by atoms with Crippen LogP contribution in [0, 0.1) is 11.7 Å². The quantitative estimate of drug-likeness (QED) is 0.766. The molecule has 5 rings (SSSR count). The fraction of sp³-hybridized carbons (Fsp3) is 0.440. The second-order valence-corrected chi connectivity index (χ2v) is 9.16. The van der Waals surface area contributed by atoms with Crippen LogP contribution in [0.3, 0.4) is 0 Å². The average molecular weight is 421 g/mol. The molecule has 1 atom stereocenters. The van der Waals surface area contributed by atoms with Gasteiger partial charge in [0.25, 0.3) is 5.91 Å². The van der Waals surface area contributed by atoms with Crippen molar-refractivity contribution in [2.45, 2.75) is 44.7 Å². The summed E-state index contributed by atoms with van der Waals surface area (Å²) in [5, 5.41) is 6.69. The Labute approximate surface area is 182 Å². The van der Waals surface area contributed by atoms with Crippen molar-refractivity contribution >= 4 is 17.2 Å². The first-order valence-electron chi connectivity index (χ1n) is 11.3. The Balaban J connectivity index is 1.32. The third-order valence-electron chi connectivity index (χ3n) is 6.53. The van der Waals surface area contributed by atoms with Gasteiger partial charge in [0.05, 0.1) is 6.20 Å². The third-order valence-corrected chi connectivity index (χ3v) is 6.53. The molecule has 0 bridgehead atoms. The number of carbonyl (C=O) groups is 1. The number of piperidine rings is 1. The van der Waals surface area contributed by atoms with Gasteiger partial charge in [0.1, 0.15) is 5.82 Å². The molecule has 2 N–H and O–H groups in total. The molecule has 1 amide bonds. The van der Waals surface area contributed by atoms with E-state index >= 15 is 0 Å². The molecule has 162 valence electrons. The summed E-state index contributed by atoms with van der Waals surface area (Å²) in [5.74, 6) is 0.514. The molecule has 1 saturated carbocycles. The molecule has 1 saturated heterocycles. The number of aromatic nitrogens is 1. The summed E-state index contributed by atoms with van der Waals surface area (Å²) < 4.78 is 13.7. The van der Waals surface area contributed by atoms with E-state index in [-0.39, 0.29) is 23.8 Å². The molecule has 1 aliphatic carbocycles. The van der Waals surface area contributed by atoms with Gasteiger partial charge in [-0.1, -0.05) is 6.07 Å². The van der Waals surface area contributed by atoms with Gasteiger partial charge in [-0.2, -0.15) is 0 Å². The summed E-state index contributed by atoms with van der Waals surface area (Å²) in [7, 11) is 0. The molecule has 2 aliphatic heterocycles. The van der Waals surface area contributed by atoms with E-state index in [4.69, 9.17) is 0 Å². The van der Waals surface area contributed by atoms with Crippen molar-refractivity contribution in [1.29, 1.82) is 0 Å². The van der Waals surface area contributed by atoms with Crippen LogP contribution >= 0.6 is 0 Å². The van der Waals surface area contributed by atoms with Gasteiger partial charge in [-0.05, 0) is 68.4 Å². The zero-order chi connectivity index (χ0) is 21.4. The van der Waals surface area contributed by atoms with Gasteiger partial charge in [-0.25, -0.2) is 4.39 Å². The summed E-state index contributed by atoms with van der Waals surface area (Å²) in [5.41, 5.74) is 4.00. The van der Waals surface area contributed by atoms with E-state index in [1.807, 2.05) is 31.2 Å². The largest absolute Gasteiger partial charge is 0.379 e. The van der Waals surface area contributed by atoms with Crippen LogP contribution in [-0.4, -0.2) is 47.5 Å². The summed E-state index contributed by atoms with van der Waals surface area (Å²) in [4.78, 5) is 19.8. The Kier molecular flexibility index (Phi) is 5.48. The SMILES string of the molecule is CC1C=C(C(=O)NC2CCN(CC3CC3)CC2)c2cc(-c3cncc(F)c3)ccc2N1. The topological polar surface area (TPSA) is 57.3 Å². The highest BCUT2D eigenvalue weighted by atomic mass is 19.1. The highest BCUT2D eigenvalue weighted by Crippen LogP contribution is 2.34. The normalized spacial score (nSPS) is 21.7. The van der Waals surface area contributed by atoms with Gasteiger partial charge >= 0.3 is 0 Å². The first kappa shape index (κ1) is 20.2. The zero-order valence-electron chi connectivity index (χ0n) is 17.9. The Hall–Kier alpha value is -2.73. The van der Waals surface area contributed by atoms with Crippen LogP contribution in [0.2, 0.25) is 0 Å². The number of anilines is 1. The van der Waals surface area contributed by atoms with E-state index in [0.29, 0.717) is 11.1 Å². The molecule has 0 spiro atoms. The molecule has 2 aromatic rings. The maximum atomic E-state index is 13.7. The molecule has 6 heteroatoms. The highest BCUT2D eigenvalue weighted by molar-refractivity contribution is 6.22. The van der Waals surface area contributed by atoms with Crippen molar-refractivity contribution in [3.8, 4) is 11.1 Å². The van der Waals surface area contributed by atoms with E-state index in [2.05, 4.69) is 20.5 Å². The maximum absolute atomic E-state index is 13.7. The number of carbonyl (C=O) groups excluding carboxylic acids is 1. The Bertz CT molecular complexity index is 1010. The van der Waals surface area contributed by atoms with Crippen LogP contribution in [0.15, 0.2) is 42.7 Å². The van der Waals surface area contributed by atoms with Crippen LogP contribution in [0.25, 0.3) is 16.7 Å². The Morgan fingerprint density at radius 2 is 1.97 bits per heavy atom. The van der Waals surface area contributed by atoms with Gasteiger partial charge in [-0.3, -0.25) is 9.78 Å². The minimum Gasteiger partial charge on any atom is -0.379 e. The van der Waals surface area contributed by atoms with E-state index in [1.165, 1.54) is 31.6 Å². The molecule has 1 unspecified atom stereocenters. The van der Waals surface area contributed by atoms with E-state index in [9.17, 15) is 9.18 Å². The fourth-order valence-electron chi connectivity index (χ4n) is 4.66. The number of rotatable bonds is 5. The number of amides is 1. The molecule has 1 aromatic heterocycles. The summed E-state index contributed by atoms with van der Waals surface area (Å²) >= 11 is 0. The summed E-state index contributed by atoms with van der Waals surface area (Å²) in [6.45, 7) is 5.38. The number of fused-ring (bicyclic) bond motifs is 1. The van der Waals surface area contributed by atoms with E-state index < -0.39 is 0 Å². The molecule has 0 radical (unpaired) electrons. The zero-order valence-corrected chi connectivity index (χ0v) is 17.9. The number of halogens is 1. The van der Waals surface area contributed by atoms with Crippen molar-refractivity contribution < 1.29 is 9.18 Å². The van der Waals surface area contributed by atoms with Gasteiger partial charge in [0, 0.05) is 60.3 Å². The van der Waals surface area contributed by atoms with Gasteiger partial charge < -0.3 is 15.5 Å². The predicted molar refractivity (Wildman–Crippen MR) is 121 cm³/mol. The first-order valence-corrected chi connectivity index (χ1v) is 11.3. The highest BCUT2D eigenvalue weighted by Gasteiger charge is 2.29. The van der Waals surface area contributed by atoms with Crippen molar-refractivity contribution in [1.82, 2.24) is 15.2 Å². The maximum Gasteiger partial charge on any atom is 0.251 e. The Morgan fingerprint density at radius 3 is 2.71 bits per heavy atom. The summed E-state index contributed by atoms with van der Waals surface area (Å²) in [6.07, 6.45) is 9.58. The second kappa shape index (κ2) is 8.42. The lowest BCUT2D eigenvalue weighted by Gasteiger charge is -2.33. The average Bonchev–Trinajstić information content (AvgIpc) is 3.58. The number of benzene rings is 1. The molecule has 2 fully saturated rings. The molecule has 3 aliphatic rings. The van der Waals surface area contributed by atoms with Crippen LogP contribution in [-0.2, 0) is 4.79 Å². The van der Waals surface area contributed by atoms with Gasteiger partial charge in [0.2, 0.25) is 0 Å². The van der Waals surface area contributed by atoms with Crippen molar-refractivity contribution in [2.24, 2.45) is 5.92 Å². The minimum absolute atomic E-state index is 0.0234. The van der Waals surface area contributed by atoms with Crippen molar-refractivity contribution in [3.63, 3.8) is 0 Å². The van der Waals surface area contributed by atoms with Crippen LogP contribution in [0.1, 0.15) is 38.2 Å².